The van der Waals surface area contributed by atoms with Crippen molar-refractivity contribution in [2.24, 2.45) is 0 Å². The number of para-hydroxylation sites is 1. The summed E-state index contributed by atoms with van der Waals surface area (Å²) in [7, 11) is -4.70. The van der Waals surface area contributed by atoms with Gasteiger partial charge in [-0.3, -0.25) is 9.59 Å². The predicted molar refractivity (Wildman–Crippen MR) is 105 cm³/mol. The van der Waals surface area contributed by atoms with Crippen LogP contribution in [0, 0.1) is 0 Å². The lowest BCUT2D eigenvalue weighted by Gasteiger charge is -2.12. The number of hydrogen-bond donors (Lipinski definition) is 1. The second-order valence-electron chi connectivity index (χ2n) is 6.70. The molecule has 0 saturated carbocycles. The number of ether oxygens (including phenoxy) is 1. The normalized spacial score (nSPS) is 11.2. The summed E-state index contributed by atoms with van der Waals surface area (Å²) in [5.41, 5.74) is 0. The van der Waals surface area contributed by atoms with Crippen LogP contribution in [0.25, 0.3) is 0 Å². The van der Waals surface area contributed by atoms with Gasteiger partial charge in [-0.25, -0.2) is 8.42 Å². The van der Waals surface area contributed by atoms with Crippen molar-refractivity contribution < 1.29 is 27.3 Å². The topological polar surface area (TPSA) is 113 Å². The van der Waals surface area contributed by atoms with Crippen molar-refractivity contribution in [3.8, 4) is 5.75 Å². The zero-order valence-corrected chi connectivity index (χ0v) is 17.3. The van der Waals surface area contributed by atoms with Crippen LogP contribution in [-0.4, -0.2) is 31.4 Å². The fourth-order valence-corrected chi connectivity index (χ4v) is 3.29. The maximum atomic E-state index is 11.8. The highest BCUT2D eigenvalue weighted by Crippen LogP contribution is 2.23. The zero-order chi connectivity index (χ0) is 20.8. The molecule has 0 spiro atoms. The van der Waals surface area contributed by atoms with Crippen molar-refractivity contribution in [3.05, 3.63) is 24.3 Å². The van der Waals surface area contributed by atoms with Gasteiger partial charge in [0.25, 0.3) is 0 Å². The van der Waals surface area contributed by atoms with E-state index in [2.05, 4.69) is 12.2 Å². The van der Waals surface area contributed by atoms with E-state index in [0.29, 0.717) is 19.4 Å². The van der Waals surface area contributed by atoms with E-state index in [1.165, 1.54) is 37.5 Å². The van der Waals surface area contributed by atoms with Crippen molar-refractivity contribution in [3.63, 3.8) is 0 Å². The molecule has 1 N–H and O–H groups in total. The smallest absolute Gasteiger partial charge is 0.311 e. The summed E-state index contributed by atoms with van der Waals surface area (Å²) in [5, 5.41) is 2.87. The Labute approximate surface area is 167 Å². The van der Waals surface area contributed by atoms with Crippen LogP contribution in [0.4, 0.5) is 0 Å². The number of esters is 1. The second kappa shape index (κ2) is 13.3. The summed E-state index contributed by atoms with van der Waals surface area (Å²) in [6, 6.07) is 5.27. The van der Waals surface area contributed by atoms with Crippen LogP contribution >= 0.6 is 0 Å². The third-order valence-electron chi connectivity index (χ3n) is 4.23. The summed E-state index contributed by atoms with van der Waals surface area (Å²) >= 11 is 0. The van der Waals surface area contributed by atoms with E-state index in [1.807, 2.05) is 0 Å². The van der Waals surface area contributed by atoms with Gasteiger partial charge in [-0.2, -0.15) is 0 Å². The first-order valence-electron chi connectivity index (χ1n) is 9.87. The summed E-state index contributed by atoms with van der Waals surface area (Å²) in [5.74, 6) is -0.771. The third-order valence-corrected chi connectivity index (χ3v) is 5.11. The molecule has 0 saturated heterocycles. The highest BCUT2D eigenvalue weighted by atomic mass is 32.2. The predicted octanol–water partition coefficient (Wildman–Crippen LogP) is 3.53. The van der Waals surface area contributed by atoms with Crippen LogP contribution in [0.1, 0.15) is 71.1 Å². The van der Waals surface area contributed by atoms with E-state index in [9.17, 15) is 22.6 Å². The second-order valence-corrected chi connectivity index (χ2v) is 8.05. The molecule has 1 aromatic rings. The first kappa shape index (κ1) is 24.1. The quantitative estimate of drug-likeness (QED) is 0.216. The lowest BCUT2D eigenvalue weighted by Crippen LogP contribution is -2.24. The largest absolute Gasteiger partial charge is 0.744 e. The van der Waals surface area contributed by atoms with Crippen molar-refractivity contribution in [2.75, 3.05) is 6.54 Å². The number of benzene rings is 1. The van der Waals surface area contributed by atoms with Gasteiger partial charge in [0.2, 0.25) is 5.91 Å². The molecule has 158 valence electrons. The molecule has 0 bridgehead atoms. The maximum Gasteiger partial charge on any atom is 0.311 e. The Balaban J connectivity index is 2.16. The minimum Gasteiger partial charge on any atom is -0.744 e. The van der Waals surface area contributed by atoms with Crippen molar-refractivity contribution >= 4 is 22.0 Å². The number of hydrogen-bond acceptors (Lipinski definition) is 6. The van der Waals surface area contributed by atoms with Gasteiger partial charge in [0.15, 0.2) is 0 Å². The van der Waals surface area contributed by atoms with Crippen LogP contribution in [0.15, 0.2) is 29.2 Å². The number of carbonyl (C=O) groups excluding carboxylic acids is 2. The minimum absolute atomic E-state index is 0.0614. The Kier molecular flexibility index (Phi) is 11.4. The van der Waals surface area contributed by atoms with E-state index in [4.69, 9.17) is 4.74 Å². The summed E-state index contributed by atoms with van der Waals surface area (Å²) in [6.45, 7) is 2.72. The summed E-state index contributed by atoms with van der Waals surface area (Å²) in [4.78, 5) is 23.0. The lowest BCUT2D eigenvalue weighted by molar-refractivity contribution is -0.134. The van der Waals surface area contributed by atoms with Gasteiger partial charge < -0.3 is 14.6 Å². The van der Waals surface area contributed by atoms with E-state index in [-0.39, 0.29) is 18.1 Å². The molecule has 0 unspecified atom stereocenters. The van der Waals surface area contributed by atoms with Gasteiger partial charge in [0, 0.05) is 19.4 Å². The molecule has 0 aromatic heterocycles. The Morgan fingerprint density at radius 1 is 0.964 bits per heavy atom. The first-order valence-corrected chi connectivity index (χ1v) is 11.3. The van der Waals surface area contributed by atoms with Crippen molar-refractivity contribution in [2.45, 2.75) is 76.0 Å². The molecule has 1 aromatic carbocycles. The SMILES string of the molecule is CCCCCCCC(=O)NCCCCCC(=O)Oc1ccccc1S(=O)(=O)[O-]. The molecule has 0 fully saturated rings. The molecule has 0 atom stereocenters. The monoisotopic (exact) mass is 412 g/mol. The molecule has 0 radical (unpaired) electrons. The molecule has 8 heteroatoms. The van der Waals surface area contributed by atoms with Crippen LogP contribution in [0.2, 0.25) is 0 Å². The molecule has 28 heavy (non-hydrogen) atoms. The van der Waals surface area contributed by atoms with E-state index >= 15 is 0 Å². The van der Waals surface area contributed by atoms with Crippen molar-refractivity contribution in [1.29, 1.82) is 0 Å². The van der Waals surface area contributed by atoms with Gasteiger partial charge in [0.05, 0.1) is 4.90 Å². The fourth-order valence-electron chi connectivity index (χ4n) is 2.69. The van der Waals surface area contributed by atoms with E-state index < -0.39 is 21.0 Å². The van der Waals surface area contributed by atoms with Gasteiger partial charge in [0.1, 0.15) is 15.9 Å². The molecule has 0 heterocycles. The lowest BCUT2D eigenvalue weighted by atomic mass is 10.1. The number of unbranched alkanes of at least 4 members (excludes halogenated alkanes) is 6. The summed E-state index contributed by atoms with van der Waals surface area (Å²) < 4.78 is 38.5. The molecule has 1 amide bonds. The molecule has 0 aliphatic rings. The van der Waals surface area contributed by atoms with E-state index in [1.54, 1.807) is 0 Å². The zero-order valence-electron chi connectivity index (χ0n) is 16.4. The fraction of sp³-hybridized carbons (Fsp3) is 0.600. The van der Waals surface area contributed by atoms with Crippen molar-refractivity contribution in [1.82, 2.24) is 5.32 Å². The molecule has 7 nitrogen and oxygen atoms in total. The highest BCUT2D eigenvalue weighted by Gasteiger charge is 2.13. The number of amides is 1. The first-order chi connectivity index (χ1) is 13.3. The Hall–Kier alpha value is -1.93. The Bertz CT molecular complexity index is 717. The molecular formula is C20H30NO6S-. The number of carbonyl (C=O) groups is 2. The van der Waals surface area contributed by atoms with Crippen LogP contribution < -0.4 is 10.1 Å². The Morgan fingerprint density at radius 3 is 2.32 bits per heavy atom. The van der Waals surface area contributed by atoms with Gasteiger partial charge >= 0.3 is 5.97 Å². The van der Waals surface area contributed by atoms with Crippen LogP contribution in [0.3, 0.4) is 0 Å². The highest BCUT2D eigenvalue weighted by molar-refractivity contribution is 7.85. The summed E-state index contributed by atoms with van der Waals surface area (Å²) in [6.07, 6.45) is 8.26. The van der Waals surface area contributed by atoms with E-state index in [0.717, 1.165) is 31.7 Å². The average Bonchev–Trinajstić information content (AvgIpc) is 2.64. The third kappa shape index (κ3) is 10.4. The molecule has 0 aliphatic heterocycles. The molecule has 1 rings (SSSR count). The standard InChI is InChI=1S/C20H31NO6S/c1-2-3-4-5-7-14-19(22)21-16-11-6-8-15-20(23)27-17-12-9-10-13-18(17)28(24,25)26/h9-10,12-13H,2-8,11,14-16H2,1H3,(H,21,22)(H,24,25,26)/p-1. The molecule has 0 aliphatic carbocycles. The van der Waals surface area contributed by atoms with Gasteiger partial charge in [-0.1, -0.05) is 51.2 Å². The van der Waals surface area contributed by atoms with Gasteiger partial charge in [-0.15, -0.1) is 0 Å². The maximum absolute atomic E-state index is 11.8. The van der Waals surface area contributed by atoms with Gasteiger partial charge in [-0.05, 0) is 31.4 Å². The van der Waals surface area contributed by atoms with Crippen LogP contribution in [0.5, 0.6) is 5.75 Å². The Morgan fingerprint density at radius 2 is 1.61 bits per heavy atom. The van der Waals surface area contributed by atoms with Crippen LogP contribution in [-0.2, 0) is 19.7 Å². The minimum atomic E-state index is -4.70. The molecular weight excluding hydrogens is 382 g/mol. The average molecular weight is 413 g/mol. The number of rotatable bonds is 14. The number of nitrogens with one attached hydrogen (secondary N) is 1.